The Bertz CT molecular complexity index is 786. The van der Waals surface area contributed by atoms with Crippen molar-refractivity contribution in [2.75, 3.05) is 0 Å². The molecule has 0 unspecified atom stereocenters. The molecule has 0 aliphatic carbocycles. The summed E-state index contributed by atoms with van der Waals surface area (Å²) < 4.78 is 0. The zero-order valence-corrected chi connectivity index (χ0v) is 11.0. The van der Waals surface area contributed by atoms with Gasteiger partial charge in [0.05, 0.1) is 4.92 Å². The molecule has 0 aromatic heterocycles. The molecule has 3 aromatic carbocycles. The fourth-order valence-electron chi connectivity index (χ4n) is 2.53. The van der Waals surface area contributed by atoms with Crippen molar-refractivity contribution in [3.05, 3.63) is 76.3 Å². The maximum absolute atomic E-state index is 10.7. The van der Waals surface area contributed by atoms with Crippen molar-refractivity contribution < 1.29 is 4.92 Å². The Balaban J connectivity index is 2.21. The van der Waals surface area contributed by atoms with E-state index in [1.54, 1.807) is 24.3 Å². The molecule has 0 atom stereocenters. The molecule has 0 saturated heterocycles. The summed E-state index contributed by atoms with van der Waals surface area (Å²) in [4.78, 5) is 10.3. The summed E-state index contributed by atoms with van der Waals surface area (Å²) in [5.74, 6) is 0. The first-order chi connectivity index (χ1) is 9.66. The van der Waals surface area contributed by atoms with E-state index in [1.165, 1.54) is 16.3 Å². The van der Waals surface area contributed by atoms with Gasteiger partial charge in [0.15, 0.2) is 0 Å². The molecular weight excluding hydrogens is 250 g/mol. The number of hydrogen-bond acceptors (Lipinski definition) is 2. The predicted molar refractivity (Wildman–Crippen MR) is 80.8 cm³/mol. The first-order valence-electron chi connectivity index (χ1n) is 6.40. The third-order valence-electron chi connectivity index (χ3n) is 3.50. The molecular formula is C17H13NO2. The number of rotatable bonds is 2. The molecule has 0 aliphatic rings. The lowest BCUT2D eigenvalue weighted by Crippen LogP contribution is -1.88. The normalized spacial score (nSPS) is 10.7. The summed E-state index contributed by atoms with van der Waals surface area (Å²) in [6.45, 7) is 2.08. The predicted octanol–water partition coefficient (Wildman–Crippen LogP) is 4.72. The molecule has 0 spiro atoms. The number of fused-ring (bicyclic) bond motifs is 1. The Morgan fingerprint density at radius 3 is 2.20 bits per heavy atom. The van der Waals surface area contributed by atoms with Gasteiger partial charge < -0.3 is 0 Å². The molecule has 0 amide bonds. The number of benzene rings is 3. The largest absolute Gasteiger partial charge is 0.269 e. The van der Waals surface area contributed by atoms with Crippen molar-refractivity contribution in [1.82, 2.24) is 0 Å². The first-order valence-corrected chi connectivity index (χ1v) is 6.40. The van der Waals surface area contributed by atoms with Crippen molar-refractivity contribution >= 4 is 16.5 Å². The van der Waals surface area contributed by atoms with E-state index in [2.05, 4.69) is 31.2 Å². The second kappa shape index (κ2) is 4.78. The van der Waals surface area contributed by atoms with Crippen LogP contribution < -0.4 is 0 Å². The summed E-state index contributed by atoms with van der Waals surface area (Å²) >= 11 is 0. The Morgan fingerprint density at radius 1 is 0.900 bits per heavy atom. The lowest BCUT2D eigenvalue weighted by molar-refractivity contribution is -0.384. The van der Waals surface area contributed by atoms with Crippen LogP contribution in [-0.2, 0) is 0 Å². The fourth-order valence-corrected chi connectivity index (χ4v) is 2.53. The molecule has 3 nitrogen and oxygen atoms in total. The summed E-state index contributed by atoms with van der Waals surface area (Å²) in [5, 5.41) is 13.1. The minimum absolute atomic E-state index is 0.116. The van der Waals surface area contributed by atoms with Gasteiger partial charge in [0, 0.05) is 12.1 Å². The molecule has 20 heavy (non-hydrogen) atoms. The number of nitrogens with zero attached hydrogens (tertiary/aromatic N) is 1. The van der Waals surface area contributed by atoms with E-state index < -0.39 is 0 Å². The molecule has 98 valence electrons. The van der Waals surface area contributed by atoms with Gasteiger partial charge in [-0.3, -0.25) is 10.1 Å². The number of hydrogen-bond donors (Lipinski definition) is 0. The Labute approximate surface area is 116 Å². The van der Waals surface area contributed by atoms with Crippen molar-refractivity contribution in [3.63, 3.8) is 0 Å². The minimum atomic E-state index is -0.377. The molecule has 0 heterocycles. The van der Waals surface area contributed by atoms with Crippen LogP contribution in [0.1, 0.15) is 5.56 Å². The zero-order valence-electron chi connectivity index (χ0n) is 11.0. The highest BCUT2D eigenvalue weighted by atomic mass is 16.6. The molecule has 3 heteroatoms. The summed E-state index contributed by atoms with van der Waals surface area (Å²) in [6, 6.07) is 19.1. The van der Waals surface area contributed by atoms with Crippen LogP contribution in [0.25, 0.3) is 21.9 Å². The van der Waals surface area contributed by atoms with Crippen LogP contribution in [0, 0.1) is 17.0 Å². The monoisotopic (exact) mass is 263 g/mol. The first kappa shape index (κ1) is 12.4. The number of nitro benzene ring substituents is 1. The van der Waals surface area contributed by atoms with Gasteiger partial charge >= 0.3 is 0 Å². The fraction of sp³-hybridized carbons (Fsp3) is 0.0588. The van der Waals surface area contributed by atoms with Gasteiger partial charge in [-0.25, -0.2) is 0 Å². The van der Waals surface area contributed by atoms with Gasteiger partial charge in [-0.15, -0.1) is 0 Å². The molecule has 0 N–H and O–H groups in total. The van der Waals surface area contributed by atoms with Gasteiger partial charge in [0.25, 0.3) is 5.69 Å². The van der Waals surface area contributed by atoms with Crippen molar-refractivity contribution in [2.24, 2.45) is 0 Å². The van der Waals surface area contributed by atoms with E-state index >= 15 is 0 Å². The summed E-state index contributed by atoms with van der Waals surface area (Å²) in [6.07, 6.45) is 0. The quantitative estimate of drug-likeness (QED) is 0.495. The van der Waals surface area contributed by atoms with E-state index in [0.717, 1.165) is 11.1 Å². The number of aryl methyl sites for hydroxylation is 1. The molecule has 3 rings (SSSR count). The summed E-state index contributed by atoms with van der Waals surface area (Å²) in [5.41, 5.74) is 3.42. The van der Waals surface area contributed by atoms with Crippen LogP contribution in [0.2, 0.25) is 0 Å². The second-order valence-corrected chi connectivity index (χ2v) is 4.78. The average molecular weight is 263 g/mol. The van der Waals surface area contributed by atoms with Crippen LogP contribution in [-0.4, -0.2) is 4.92 Å². The molecule has 0 bridgehead atoms. The third kappa shape index (κ3) is 2.03. The van der Waals surface area contributed by atoms with E-state index in [1.807, 2.05) is 12.1 Å². The van der Waals surface area contributed by atoms with E-state index in [-0.39, 0.29) is 10.6 Å². The number of nitro groups is 1. The smallest absolute Gasteiger partial charge is 0.258 e. The molecule has 3 aromatic rings. The van der Waals surface area contributed by atoms with E-state index in [4.69, 9.17) is 0 Å². The van der Waals surface area contributed by atoms with Crippen LogP contribution in [0.3, 0.4) is 0 Å². The number of non-ortho nitro benzene ring substituents is 1. The van der Waals surface area contributed by atoms with Crippen LogP contribution in [0.5, 0.6) is 0 Å². The zero-order chi connectivity index (χ0) is 14.1. The maximum atomic E-state index is 10.7. The van der Waals surface area contributed by atoms with Gasteiger partial charge in [-0.1, -0.05) is 36.4 Å². The average Bonchev–Trinajstić information content (AvgIpc) is 2.47. The minimum Gasteiger partial charge on any atom is -0.258 e. The highest BCUT2D eigenvalue weighted by Gasteiger charge is 2.08. The standard InChI is InChI=1S/C17H13NO2/c1-12-4-2-5-14-6-3-7-16(17(12)14)13-8-10-15(11-9-13)18(19)20/h2-11H,1H3. The van der Waals surface area contributed by atoms with Gasteiger partial charge in [0.1, 0.15) is 0 Å². The van der Waals surface area contributed by atoms with Crippen LogP contribution in [0.15, 0.2) is 60.7 Å². The van der Waals surface area contributed by atoms with Gasteiger partial charge in [0.2, 0.25) is 0 Å². The molecule has 0 radical (unpaired) electrons. The third-order valence-corrected chi connectivity index (χ3v) is 3.50. The highest BCUT2D eigenvalue weighted by molar-refractivity contribution is 5.98. The van der Waals surface area contributed by atoms with Crippen LogP contribution in [0.4, 0.5) is 5.69 Å². The van der Waals surface area contributed by atoms with Crippen molar-refractivity contribution in [1.29, 1.82) is 0 Å². The second-order valence-electron chi connectivity index (χ2n) is 4.78. The van der Waals surface area contributed by atoms with Crippen molar-refractivity contribution in [2.45, 2.75) is 6.92 Å². The van der Waals surface area contributed by atoms with Crippen molar-refractivity contribution in [3.8, 4) is 11.1 Å². The lowest BCUT2D eigenvalue weighted by atomic mass is 9.95. The van der Waals surface area contributed by atoms with E-state index in [0.29, 0.717) is 0 Å². The molecule has 0 saturated carbocycles. The maximum Gasteiger partial charge on any atom is 0.269 e. The van der Waals surface area contributed by atoms with E-state index in [9.17, 15) is 10.1 Å². The summed E-state index contributed by atoms with van der Waals surface area (Å²) in [7, 11) is 0. The Morgan fingerprint density at radius 2 is 1.55 bits per heavy atom. The van der Waals surface area contributed by atoms with Crippen LogP contribution >= 0.6 is 0 Å². The highest BCUT2D eigenvalue weighted by Crippen LogP contribution is 2.31. The Kier molecular flexibility index (Phi) is 2.95. The van der Waals surface area contributed by atoms with Gasteiger partial charge in [-0.2, -0.15) is 0 Å². The van der Waals surface area contributed by atoms with Gasteiger partial charge in [-0.05, 0) is 46.5 Å². The molecule has 0 aliphatic heterocycles. The Hall–Kier alpha value is -2.68. The topological polar surface area (TPSA) is 43.1 Å². The SMILES string of the molecule is Cc1cccc2cccc(-c3ccc([N+](=O)[O-])cc3)c12. The lowest BCUT2D eigenvalue weighted by Gasteiger charge is -2.09. The molecule has 0 fully saturated rings.